The van der Waals surface area contributed by atoms with E-state index in [9.17, 15) is 26.4 Å². The number of aromatic carboxylic acids is 1. The summed E-state index contributed by atoms with van der Waals surface area (Å²) in [7, 11) is -4.17. The lowest BCUT2D eigenvalue weighted by Gasteiger charge is -2.11. The van der Waals surface area contributed by atoms with E-state index in [2.05, 4.69) is 0 Å². The number of benzene rings is 2. The highest BCUT2D eigenvalue weighted by atomic mass is 35.5. The third kappa shape index (κ3) is 5.50. The van der Waals surface area contributed by atoms with Crippen LogP contribution in [0.25, 0.3) is 6.08 Å². The van der Waals surface area contributed by atoms with Gasteiger partial charge in [-0.05, 0) is 42.0 Å². The number of sulfonamides is 1. The van der Waals surface area contributed by atoms with Crippen molar-refractivity contribution in [3.8, 4) is 0 Å². The molecule has 0 saturated heterocycles. The number of carboxylic acid groups (broad SMARTS) is 1. The normalized spacial score (nSPS) is 12.3. The van der Waals surface area contributed by atoms with E-state index in [1.807, 2.05) is 4.72 Å². The number of hydrogen-bond acceptors (Lipinski definition) is 3. The summed E-state index contributed by atoms with van der Waals surface area (Å²) in [6.45, 7) is 0. The summed E-state index contributed by atoms with van der Waals surface area (Å²) >= 11 is 5.71. The number of carbonyl (C=O) groups is 1. The number of alkyl halides is 3. The molecule has 0 atom stereocenters. The Kier molecular flexibility index (Phi) is 5.62. The largest absolute Gasteiger partial charge is 0.478 e. The minimum Gasteiger partial charge on any atom is -0.478 e. The lowest BCUT2D eigenvalue weighted by Crippen LogP contribution is -2.13. The summed E-state index contributed by atoms with van der Waals surface area (Å²) in [6, 6.07) is 7.89. The van der Waals surface area contributed by atoms with E-state index in [1.165, 1.54) is 18.2 Å². The fraction of sp³-hybridized carbons (Fsp3) is 0.0625. The fourth-order valence-electron chi connectivity index (χ4n) is 1.91. The van der Waals surface area contributed by atoms with E-state index < -0.39 is 39.0 Å². The van der Waals surface area contributed by atoms with Crippen molar-refractivity contribution in [2.75, 3.05) is 4.72 Å². The highest BCUT2D eigenvalue weighted by molar-refractivity contribution is 7.95. The monoisotopic (exact) mass is 405 g/mol. The van der Waals surface area contributed by atoms with Crippen molar-refractivity contribution in [2.45, 2.75) is 6.18 Å². The third-order valence-electron chi connectivity index (χ3n) is 3.08. The average molecular weight is 406 g/mol. The molecule has 0 fully saturated rings. The molecule has 0 aliphatic carbocycles. The first-order chi connectivity index (χ1) is 12.0. The second-order valence-corrected chi connectivity index (χ2v) is 7.11. The summed E-state index contributed by atoms with van der Waals surface area (Å²) in [5.74, 6) is -1.62. The third-order valence-corrected chi connectivity index (χ3v) is 4.34. The van der Waals surface area contributed by atoms with Crippen LogP contribution in [0.4, 0.5) is 18.9 Å². The second-order valence-electron chi connectivity index (χ2n) is 5.10. The molecule has 26 heavy (non-hydrogen) atoms. The molecule has 0 amide bonds. The van der Waals surface area contributed by atoms with Crippen LogP contribution >= 0.6 is 11.6 Å². The zero-order chi connectivity index (χ0) is 19.5. The summed E-state index contributed by atoms with van der Waals surface area (Å²) in [5, 5.41) is 10.1. The van der Waals surface area contributed by atoms with Gasteiger partial charge >= 0.3 is 12.1 Å². The maximum Gasteiger partial charge on any atom is 0.416 e. The Bertz CT molecular complexity index is 954. The molecule has 2 aromatic carbocycles. The summed E-state index contributed by atoms with van der Waals surface area (Å²) < 4.78 is 64.5. The molecule has 138 valence electrons. The van der Waals surface area contributed by atoms with Crippen molar-refractivity contribution in [1.82, 2.24) is 0 Å². The molecule has 2 aromatic rings. The molecular weight excluding hydrogens is 395 g/mol. The van der Waals surface area contributed by atoms with E-state index in [-0.39, 0.29) is 0 Å². The van der Waals surface area contributed by atoms with Crippen LogP contribution in [0.1, 0.15) is 21.5 Å². The first-order valence-corrected chi connectivity index (χ1v) is 8.81. The highest BCUT2D eigenvalue weighted by Gasteiger charge is 2.32. The molecular formula is C16H11ClF3NO4S. The van der Waals surface area contributed by atoms with E-state index in [0.29, 0.717) is 22.7 Å². The number of halogens is 4. The molecule has 0 radical (unpaired) electrons. The average Bonchev–Trinajstić information content (AvgIpc) is 2.53. The van der Waals surface area contributed by atoms with Gasteiger partial charge in [0.05, 0.1) is 22.2 Å². The fourth-order valence-corrected chi connectivity index (χ4v) is 2.89. The molecule has 2 N–H and O–H groups in total. The molecule has 2 rings (SSSR count). The predicted molar refractivity (Wildman–Crippen MR) is 91.4 cm³/mol. The van der Waals surface area contributed by atoms with Crippen LogP contribution in [0.3, 0.4) is 0 Å². The molecule has 0 aromatic heterocycles. The van der Waals surface area contributed by atoms with Gasteiger partial charge in [-0.2, -0.15) is 13.2 Å². The van der Waals surface area contributed by atoms with Gasteiger partial charge in [0.2, 0.25) is 0 Å². The second kappa shape index (κ2) is 7.38. The van der Waals surface area contributed by atoms with Gasteiger partial charge in [-0.25, -0.2) is 13.2 Å². The molecule has 0 spiro atoms. The molecule has 0 unspecified atom stereocenters. The van der Waals surface area contributed by atoms with E-state index >= 15 is 0 Å². The van der Waals surface area contributed by atoms with Crippen LogP contribution < -0.4 is 4.72 Å². The zero-order valence-electron chi connectivity index (χ0n) is 12.8. The van der Waals surface area contributed by atoms with E-state index in [1.54, 1.807) is 12.1 Å². The van der Waals surface area contributed by atoms with Crippen molar-refractivity contribution in [1.29, 1.82) is 0 Å². The number of rotatable bonds is 5. The quantitative estimate of drug-likeness (QED) is 0.768. The van der Waals surface area contributed by atoms with Gasteiger partial charge in [0, 0.05) is 5.02 Å². The molecule has 10 heteroatoms. The Hall–Kier alpha value is -2.52. The van der Waals surface area contributed by atoms with Gasteiger partial charge in [-0.15, -0.1) is 0 Å². The SMILES string of the molecule is O=C(O)c1cc(NS(=O)(=O)/C=C/c2ccc(Cl)cc2)cc(C(F)(F)F)c1. The molecule has 0 saturated carbocycles. The number of carboxylic acids is 1. The minimum atomic E-state index is -4.83. The van der Waals surface area contributed by atoms with Crippen LogP contribution in [0.2, 0.25) is 5.02 Å². The van der Waals surface area contributed by atoms with E-state index in [4.69, 9.17) is 16.7 Å². The van der Waals surface area contributed by atoms with Gasteiger partial charge in [-0.3, -0.25) is 4.72 Å². The van der Waals surface area contributed by atoms with Crippen molar-refractivity contribution in [2.24, 2.45) is 0 Å². The van der Waals surface area contributed by atoms with E-state index in [0.717, 1.165) is 11.5 Å². The first-order valence-electron chi connectivity index (χ1n) is 6.88. The smallest absolute Gasteiger partial charge is 0.416 e. The van der Waals surface area contributed by atoms with Crippen molar-refractivity contribution in [3.05, 3.63) is 69.6 Å². The van der Waals surface area contributed by atoms with Crippen molar-refractivity contribution in [3.63, 3.8) is 0 Å². The van der Waals surface area contributed by atoms with Crippen LogP contribution in [0.15, 0.2) is 47.9 Å². The lowest BCUT2D eigenvalue weighted by atomic mass is 10.1. The molecule has 5 nitrogen and oxygen atoms in total. The van der Waals surface area contributed by atoms with Gasteiger partial charge in [-0.1, -0.05) is 23.7 Å². The predicted octanol–water partition coefficient (Wildman–Crippen LogP) is 4.47. The van der Waals surface area contributed by atoms with Crippen LogP contribution in [-0.4, -0.2) is 19.5 Å². The number of nitrogens with one attached hydrogen (secondary N) is 1. The van der Waals surface area contributed by atoms with Crippen LogP contribution in [-0.2, 0) is 16.2 Å². The maximum absolute atomic E-state index is 12.9. The standard InChI is InChI=1S/C16H11ClF3NO4S/c17-13-3-1-10(2-4-13)5-6-26(24,25)21-14-8-11(15(22)23)7-12(9-14)16(18,19)20/h1-9,21H,(H,22,23)/b6-5+. The number of anilines is 1. The van der Waals surface area contributed by atoms with Gasteiger partial charge < -0.3 is 5.11 Å². The Morgan fingerprint density at radius 1 is 1.12 bits per heavy atom. The van der Waals surface area contributed by atoms with Crippen LogP contribution in [0.5, 0.6) is 0 Å². The summed E-state index contributed by atoms with van der Waals surface area (Å²) in [5.41, 5.74) is -2.00. The van der Waals surface area contributed by atoms with Crippen molar-refractivity contribution >= 4 is 39.4 Å². The van der Waals surface area contributed by atoms with Gasteiger partial charge in [0.1, 0.15) is 0 Å². The van der Waals surface area contributed by atoms with Crippen molar-refractivity contribution < 1.29 is 31.5 Å². The maximum atomic E-state index is 12.9. The molecule has 0 aliphatic heterocycles. The number of hydrogen-bond donors (Lipinski definition) is 2. The Morgan fingerprint density at radius 2 is 1.73 bits per heavy atom. The Balaban J connectivity index is 2.32. The molecule has 0 bridgehead atoms. The molecule has 0 aliphatic rings. The summed E-state index contributed by atoms with van der Waals surface area (Å²) in [6.07, 6.45) is -3.62. The summed E-state index contributed by atoms with van der Waals surface area (Å²) in [4.78, 5) is 11.0. The molecule has 0 heterocycles. The zero-order valence-corrected chi connectivity index (χ0v) is 14.4. The Labute approximate surface area is 151 Å². The minimum absolute atomic E-state index is 0.420. The van der Waals surface area contributed by atoms with Crippen LogP contribution in [0, 0.1) is 0 Å². The van der Waals surface area contributed by atoms with Gasteiger partial charge in [0.25, 0.3) is 10.0 Å². The topological polar surface area (TPSA) is 83.5 Å². The highest BCUT2D eigenvalue weighted by Crippen LogP contribution is 2.32. The van der Waals surface area contributed by atoms with Gasteiger partial charge in [0.15, 0.2) is 0 Å². The Morgan fingerprint density at radius 3 is 2.27 bits per heavy atom. The lowest BCUT2D eigenvalue weighted by molar-refractivity contribution is -0.137. The first kappa shape index (κ1) is 19.8.